The lowest BCUT2D eigenvalue weighted by Gasteiger charge is -2.20. The van der Waals surface area contributed by atoms with Crippen LogP contribution >= 0.6 is 15.9 Å². The first-order chi connectivity index (χ1) is 8.80. The highest BCUT2D eigenvalue weighted by Gasteiger charge is 2.21. The second-order valence-electron chi connectivity index (χ2n) is 4.47. The molecule has 0 atom stereocenters. The van der Waals surface area contributed by atoms with Crippen molar-refractivity contribution in [2.24, 2.45) is 0 Å². The molecule has 3 nitrogen and oxygen atoms in total. The van der Waals surface area contributed by atoms with Gasteiger partial charge in [0.15, 0.2) is 6.29 Å². The zero-order valence-corrected chi connectivity index (χ0v) is 12.2. The number of carbonyl (C=O) groups is 1. The third kappa shape index (κ3) is 2.69. The van der Waals surface area contributed by atoms with Crippen LogP contribution in [0.3, 0.4) is 0 Å². The molecule has 0 saturated carbocycles. The van der Waals surface area contributed by atoms with Crippen molar-refractivity contribution in [3.05, 3.63) is 23.3 Å². The number of nitrogens with zero attached hydrogens (tertiary/aromatic N) is 1. The van der Waals surface area contributed by atoms with Crippen molar-refractivity contribution >= 4 is 27.9 Å². The molecular formula is C14H18BrNO2. The number of alkyl halides is 1. The Kier molecular flexibility index (Phi) is 4.64. The Balaban J connectivity index is 2.18. The first-order valence-corrected chi connectivity index (χ1v) is 7.39. The molecule has 4 heteroatoms. The Labute approximate surface area is 116 Å². The molecule has 1 aromatic carbocycles. The third-order valence-electron chi connectivity index (χ3n) is 3.36. The molecule has 0 spiro atoms. The molecule has 0 aliphatic carbocycles. The predicted octanol–water partition coefficient (Wildman–Crippen LogP) is 3.05. The van der Waals surface area contributed by atoms with Crippen molar-refractivity contribution in [1.82, 2.24) is 0 Å². The number of methoxy groups -OCH3 is 1. The Morgan fingerprint density at radius 2 is 2.28 bits per heavy atom. The molecule has 1 aromatic rings. The van der Waals surface area contributed by atoms with E-state index in [2.05, 4.69) is 20.8 Å². The number of hydrogen-bond donors (Lipinski definition) is 0. The normalized spacial score (nSPS) is 13.6. The van der Waals surface area contributed by atoms with Gasteiger partial charge in [0.25, 0.3) is 0 Å². The van der Waals surface area contributed by atoms with Crippen LogP contribution in [0.1, 0.15) is 28.8 Å². The maximum atomic E-state index is 11.0. The van der Waals surface area contributed by atoms with Crippen molar-refractivity contribution in [1.29, 1.82) is 0 Å². The summed E-state index contributed by atoms with van der Waals surface area (Å²) in [5.41, 5.74) is 3.14. The van der Waals surface area contributed by atoms with Crippen molar-refractivity contribution in [2.75, 3.05) is 30.4 Å². The summed E-state index contributed by atoms with van der Waals surface area (Å²) in [7, 11) is 1.61. The average molecular weight is 312 g/mol. The van der Waals surface area contributed by atoms with Crippen LogP contribution in [0.5, 0.6) is 5.75 Å². The second-order valence-corrected chi connectivity index (χ2v) is 5.27. The van der Waals surface area contributed by atoms with Crippen LogP contribution in [-0.4, -0.2) is 31.8 Å². The maximum Gasteiger partial charge on any atom is 0.153 e. The minimum atomic E-state index is 0.651. The van der Waals surface area contributed by atoms with E-state index < -0.39 is 0 Å². The topological polar surface area (TPSA) is 29.5 Å². The number of carbonyl (C=O) groups excluding carboxylic acids is 1. The molecule has 0 saturated heterocycles. The van der Waals surface area contributed by atoms with Gasteiger partial charge in [0.2, 0.25) is 0 Å². The fourth-order valence-electron chi connectivity index (χ4n) is 2.40. The summed E-state index contributed by atoms with van der Waals surface area (Å²) in [5.74, 6) is 0.677. The van der Waals surface area contributed by atoms with Gasteiger partial charge >= 0.3 is 0 Å². The fraction of sp³-hybridized carbons (Fsp3) is 0.500. The van der Waals surface area contributed by atoms with E-state index in [0.717, 1.165) is 31.1 Å². The van der Waals surface area contributed by atoms with Gasteiger partial charge in [-0.15, -0.1) is 0 Å². The number of fused-ring (bicyclic) bond motifs is 1. The van der Waals surface area contributed by atoms with Crippen LogP contribution in [0.4, 0.5) is 5.69 Å². The van der Waals surface area contributed by atoms with Crippen LogP contribution in [-0.2, 0) is 6.42 Å². The first kappa shape index (κ1) is 13.4. The van der Waals surface area contributed by atoms with Crippen molar-refractivity contribution in [2.45, 2.75) is 19.3 Å². The fourth-order valence-corrected chi connectivity index (χ4v) is 2.80. The molecule has 0 radical (unpaired) electrons. The zero-order chi connectivity index (χ0) is 13.0. The van der Waals surface area contributed by atoms with E-state index in [1.54, 1.807) is 7.11 Å². The summed E-state index contributed by atoms with van der Waals surface area (Å²) >= 11 is 3.45. The van der Waals surface area contributed by atoms with Gasteiger partial charge in [0.1, 0.15) is 5.75 Å². The molecule has 2 rings (SSSR count). The van der Waals surface area contributed by atoms with Crippen LogP contribution in [0.15, 0.2) is 12.1 Å². The Hall–Kier alpha value is -1.03. The molecule has 0 unspecified atom stereocenters. The molecular weight excluding hydrogens is 294 g/mol. The average Bonchev–Trinajstić information content (AvgIpc) is 2.80. The van der Waals surface area contributed by atoms with Gasteiger partial charge in [0, 0.05) is 30.2 Å². The SMILES string of the molecule is COc1cc2c(cc1C=O)CCN2CCCCBr. The first-order valence-electron chi connectivity index (χ1n) is 6.27. The van der Waals surface area contributed by atoms with Crippen LogP contribution in [0.2, 0.25) is 0 Å². The molecule has 1 heterocycles. The van der Waals surface area contributed by atoms with Gasteiger partial charge in [-0.3, -0.25) is 4.79 Å². The molecule has 98 valence electrons. The van der Waals surface area contributed by atoms with Crippen molar-refractivity contribution in [3.8, 4) is 5.75 Å². The van der Waals surface area contributed by atoms with Crippen molar-refractivity contribution in [3.63, 3.8) is 0 Å². The molecule has 0 fully saturated rings. The third-order valence-corrected chi connectivity index (χ3v) is 3.92. The number of benzene rings is 1. The van der Waals surface area contributed by atoms with E-state index in [1.807, 2.05) is 12.1 Å². The lowest BCUT2D eigenvalue weighted by Crippen LogP contribution is -2.21. The van der Waals surface area contributed by atoms with Gasteiger partial charge < -0.3 is 9.64 Å². The maximum absolute atomic E-state index is 11.0. The van der Waals surface area contributed by atoms with Crippen molar-refractivity contribution < 1.29 is 9.53 Å². The number of rotatable bonds is 6. The van der Waals surface area contributed by atoms with E-state index in [0.29, 0.717) is 11.3 Å². The Morgan fingerprint density at radius 3 is 2.94 bits per heavy atom. The molecule has 18 heavy (non-hydrogen) atoms. The predicted molar refractivity (Wildman–Crippen MR) is 77.3 cm³/mol. The van der Waals surface area contributed by atoms with E-state index in [1.165, 1.54) is 24.1 Å². The molecule has 1 aliphatic rings. The highest BCUT2D eigenvalue weighted by molar-refractivity contribution is 9.09. The molecule has 0 N–H and O–H groups in total. The summed E-state index contributed by atoms with van der Waals surface area (Å²) in [5, 5.41) is 1.06. The van der Waals surface area contributed by atoms with E-state index in [4.69, 9.17) is 4.74 Å². The van der Waals surface area contributed by atoms with E-state index in [9.17, 15) is 4.79 Å². The number of ether oxygens (including phenoxy) is 1. The lowest BCUT2D eigenvalue weighted by atomic mass is 10.1. The highest BCUT2D eigenvalue weighted by Crippen LogP contribution is 2.34. The van der Waals surface area contributed by atoms with E-state index in [-0.39, 0.29) is 0 Å². The van der Waals surface area contributed by atoms with Gasteiger partial charge in [-0.1, -0.05) is 15.9 Å². The number of aldehydes is 1. The number of hydrogen-bond acceptors (Lipinski definition) is 3. The lowest BCUT2D eigenvalue weighted by molar-refractivity contribution is 0.112. The monoisotopic (exact) mass is 311 g/mol. The Morgan fingerprint density at radius 1 is 1.44 bits per heavy atom. The summed E-state index contributed by atoms with van der Waals surface area (Å²) < 4.78 is 5.27. The number of anilines is 1. The van der Waals surface area contributed by atoms with Gasteiger partial charge in [0.05, 0.1) is 12.7 Å². The zero-order valence-electron chi connectivity index (χ0n) is 10.6. The van der Waals surface area contributed by atoms with E-state index >= 15 is 0 Å². The largest absolute Gasteiger partial charge is 0.496 e. The van der Waals surface area contributed by atoms with Crippen LogP contribution in [0.25, 0.3) is 0 Å². The summed E-state index contributed by atoms with van der Waals surface area (Å²) in [6.45, 7) is 2.12. The quantitative estimate of drug-likeness (QED) is 0.459. The smallest absolute Gasteiger partial charge is 0.153 e. The minimum absolute atomic E-state index is 0.651. The Bertz CT molecular complexity index is 434. The molecule has 0 bridgehead atoms. The van der Waals surface area contributed by atoms with Gasteiger partial charge in [-0.25, -0.2) is 0 Å². The standard InChI is InChI=1S/C14H18BrNO2/c1-18-14-9-13-11(8-12(14)10-17)4-7-16(13)6-3-2-5-15/h8-10H,2-7H2,1H3. The van der Waals surface area contributed by atoms with Gasteiger partial charge in [-0.05, 0) is 30.9 Å². The minimum Gasteiger partial charge on any atom is -0.496 e. The van der Waals surface area contributed by atoms with Crippen LogP contribution in [0, 0.1) is 0 Å². The summed E-state index contributed by atoms with van der Waals surface area (Å²) in [6, 6.07) is 3.96. The number of unbranched alkanes of at least 4 members (excludes halogenated alkanes) is 1. The molecule has 1 aliphatic heterocycles. The van der Waals surface area contributed by atoms with Crippen LogP contribution < -0.4 is 9.64 Å². The highest BCUT2D eigenvalue weighted by atomic mass is 79.9. The second kappa shape index (κ2) is 6.23. The van der Waals surface area contributed by atoms with Gasteiger partial charge in [-0.2, -0.15) is 0 Å². The number of halogens is 1. The summed E-state index contributed by atoms with van der Waals surface area (Å²) in [4.78, 5) is 13.4. The summed E-state index contributed by atoms with van der Waals surface area (Å²) in [6.07, 6.45) is 4.26. The molecule has 0 aromatic heterocycles. The molecule has 0 amide bonds.